The molecule has 0 saturated carbocycles. The van der Waals surface area contributed by atoms with Crippen molar-refractivity contribution in [2.75, 3.05) is 38.2 Å². The summed E-state index contributed by atoms with van der Waals surface area (Å²) >= 11 is 5.29. The molecule has 1 heterocycles. The number of hydrogen-bond donors (Lipinski definition) is 0. The van der Waals surface area contributed by atoms with E-state index >= 15 is 0 Å². The van der Waals surface area contributed by atoms with Gasteiger partial charge in [0, 0.05) is 26.2 Å². The predicted octanol–water partition coefficient (Wildman–Crippen LogP) is 5.02. The Morgan fingerprint density at radius 2 is 1.45 bits per heavy atom. The third-order valence-electron chi connectivity index (χ3n) is 5.37. The van der Waals surface area contributed by atoms with Crippen molar-refractivity contribution in [1.29, 1.82) is 0 Å². The fraction of sp³-hybridized carbons (Fsp3) is 0.227. The number of piperazine rings is 1. The van der Waals surface area contributed by atoms with Gasteiger partial charge in [-0.05, 0) is 22.9 Å². The van der Waals surface area contributed by atoms with Gasteiger partial charge in [0.15, 0.2) is 23.3 Å². The van der Waals surface area contributed by atoms with Crippen LogP contribution in [0.5, 0.6) is 5.75 Å². The summed E-state index contributed by atoms with van der Waals surface area (Å²) in [5.74, 6) is -6.30. The van der Waals surface area contributed by atoms with Gasteiger partial charge >= 0.3 is 0 Å². The van der Waals surface area contributed by atoms with E-state index in [9.17, 15) is 22.4 Å². The summed E-state index contributed by atoms with van der Waals surface area (Å²) in [6.45, 7) is 0.158. The van der Waals surface area contributed by atoms with E-state index in [4.69, 9.17) is 16.3 Å². The van der Waals surface area contributed by atoms with Crippen LogP contribution in [0.1, 0.15) is 10.4 Å². The van der Waals surface area contributed by atoms with E-state index in [-0.39, 0.29) is 32.1 Å². The Kier molecular flexibility index (Phi) is 5.66. The van der Waals surface area contributed by atoms with Crippen LogP contribution in [0.4, 0.5) is 23.2 Å². The van der Waals surface area contributed by atoms with E-state index in [0.29, 0.717) is 11.3 Å². The van der Waals surface area contributed by atoms with Crippen LogP contribution in [0.15, 0.2) is 36.4 Å². The van der Waals surface area contributed by atoms with Crippen molar-refractivity contribution in [2.24, 2.45) is 0 Å². The molecule has 3 aromatic rings. The number of rotatable bonds is 3. The maximum absolute atomic E-state index is 14.3. The number of carbonyl (C=O) groups is 1. The standard InChI is InChI=1S/C22H17ClF4N2O2/c1-31-15-11-13-5-3-2-4-12(13)10-14(15)22(30)29-8-6-28(7-9-29)21-19(26)17(24)16(23)18(25)20(21)27/h2-5,10-11H,6-9H2,1H3. The summed E-state index contributed by atoms with van der Waals surface area (Å²) in [6.07, 6.45) is 0. The smallest absolute Gasteiger partial charge is 0.257 e. The molecule has 0 unspecified atom stereocenters. The van der Waals surface area contributed by atoms with Gasteiger partial charge in [0.25, 0.3) is 5.91 Å². The average Bonchev–Trinajstić information content (AvgIpc) is 2.80. The molecule has 0 N–H and O–H groups in total. The first-order valence-electron chi connectivity index (χ1n) is 9.46. The van der Waals surface area contributed by atoms with Crippen molar-refractivity contribution >= 4 is 34.0 Å². The van der Waals surface area contributed by atoms with Gasteiger partial charge in [-0.2, -0.15) is 0 Å². The zero-order chi connectivity index (χ0) is 22.3. The molecule has 9 heteroatoms. The summed E-state index contributed by atoms with van der Waals surface area (Å²) in [6, 6.07) is 11.0. The van der Waals surface area contributed by atoms with Gasteiger partial charge in [-0.15, -0.1) is 0 Å². The first kappa shape index (κ1) is 21.2. The number of anilines is 1. The summed E-state index contributed by atoms with van der Waals surface area (Å²) < 4.78 is 61.5. The molecule has 4 rings (SSSR count). The number of benzene rings is 3. The normalized spacial score (nSPS) is 14.3. The summed E-state index contributed by atoms with van der Waals surface area (Å²) in [5, 5.41) is 0.552. The molecule has 3 aromatic carbocycles. The van der Waals surface area contributed by atoms with Crippen LogP contribution in [-0.2, 0) is 0 Å². The second-order valence-electron chi connectivity index (χ2n) is 7.10. The lowest BCUT2D eigenvalue weighted by atomic mass is 10.0. The molecule has 0 aromatic heterocycles. The number of amides is 1. The topological polar surface area (TPSA) is 32.8 Å². The molecule has 0 radical (unpaired) electrons. The molecule has 1 fully saturated rings. The third-order valence-corrected chi connectivity index (χ3v) is 5.70. The molecule has 1 aliphatic rings. The van der Waals surface area contributed by atoms with Gasteiger partial charge in [-0.25, -0.2) is 17.6 Å². The Bertz CT molecular complexity index is 1150. The largest absolute Gasteiger partial charge is 0.496 e. The van der Waals surface area contributed by atoms with Gasteiger partial charge in [-0.3, -0.25) is 4.79 Å². The molecule has 4 nitrogen and oxygen atoms in total. The SMILES string of the molecule is COc1cc2ccccc2cc1C(=O)N1CCN(c2c(F)c(F)c(Cl)c(F)c2F)CC1. The molecular weight excluding hydrogens is 436 g/mol. The third kappa shape index (κ3) is 3.65. The minimum absolute atomic E-state index is 0.0179. The molecule has 1 amide bonds. The summed E-state index contributed by atoms with van der Waals surface area (Å²) in [4.78, 5) is 15.8. The Labute approximate surface area is 180 Å². The Hall–Kier alpha value is -3.00. The molecule has 31 heavy (non-hydrogen) atoms. The van der Waals surface area contributed by atoms with E-state index in [2.05, 4.69) is 0 Å². The highest BCUT2D eigenvalue weighted by Gasteiger charge is 2.31. The van der Waals surface area contributed by atoms with Crippen molar-refractivity contribution in [3.63, 3.8) is 0 Å². The first-order valence-corrected chi connectivity index (χ1v) is 9.83. The molecule has 0 atom stereocenters. The number of halogens is 5. The summed E-state index contributed by atoms with van der Waals surface area (Å²) in [5.41, 5.74) is -0.467. The Morgan fingerprint density at radius 3 is 2.00 bits per heavy atom. The highest BCUT2D eigenvalue weighted by molar-refractivity contribution is 6.31. The maximum atomic E-state index is 14.3. The minimum atomic E-state index is -1.64. The number of hydrogen-bond acceptors (Lipinski definition) is 3. The molecule has 0 aliphatic carbocycles. The number of nitrogens with zero attached hydrogens (tertiary/aromatic N) is 2. The van der Waals surface area contributed by atoms with Gasteiger partial charge < -0.3 is 14.5 Å². The molecule has 0 bridgehead atoms. The van der Waals surface area contributed by atoms with Crippen LogP contribution in [0.3, 0.4) is 0 Å². The molecule has 1 aliphatic heterocycles. The number of methoxy groups -OCH3 is 1. The van der Waals surface area contributed by atoms with Crippen molar-refractivity contribution < 1.29 is 27.1 Å². The highest BCUT2D eigenvalue weighted by atomic mass is 35.5. The van der Waals surface area contributed by atoms with E-state index in [0.717, 1.165) is 15.7 Å². The molecule has 162 valence electrons. The Balaban J connectivity index is 1.58. The van der Waals surface area contributed by atoms with Crippen molar-refractivity contribution in [2.45, 2.75) is 0 Å². The van der Waals surface area contributed by atoms with Gasteiger partial charge in [0.05, 0.1) is 12.7 Å². The van der Waals surface area contributed by atoms with Crippen molar-refractivity contribution in [1.82, 2.24) is 4.90 Å². The van der Waals surface area contributed by atoms with Crippen LogP contribution in [-0.4, -0.2) is 44.1 Å². The average molecular weight is 453 g/mol. The second kappa shape index (κ2) is 8.26. The van der Waals surface area contributed by atoms with Crippen LogP contribution in [0, 0.1) is 23.3 Å². The zero-order valence-electron chi connectivity index (χ0n) is 16.4. The second-order valence-corrected chi connectivity index (χ2v) is 7.48. The quantitative estimate of drug-likeness (QED) is 0.318. The van der Waals surface area contributed by atoms with E-state index < -0.39 is 34.0 Å². The minimum Gasteiger partial charge on any atom is -0.496 e. The Morgan fingerprint density at radius 1 is 0.903 bits per heavy atom. The lowest BCUT2D eigenvalue weighted by Gasteiger charge is -2.36. The highest BCUT2D eigenvalue weighted by Crippen LogP contribution is 2.34. The number of ether oxygens (including phenoxy) is 1. The molecule has 1 saturated heterocycles. The first-order chi connectivity index (χ1) is 14.8. The molecular formula is C22H17ClF4N2O2. The van der Waals surface area contributed by atoms with E-state index in [1.165, 1.54) is 12.0 Å². The van der Waals surface area contributed by atoms with Crippen molar-refractivity contribution in [3.8, 4) is 5.75 Å². The van der Waals surface area contributed by atoms with Crippen molar-refractivity contribution in [3.05, 3.63) is 70.3 Å². The lowest BCUT2D eigenvalue weighted by molar-refractivity contribution is 0.0743. The number of carbonyl (C=O) groups excluding carboxylic acids is 1. The molecule has 0 spiro atoms. The van der Waals surface area contributed by atoms with Crippen LogP contribution < -0.4 is 9.64 Å². The van der Waals surface area contributed by atoms with Crippen LogP contribution >= 0.6 is 11.6 Å². The fourth-order valence-corrected chi connectivity index (χ4v) is 3.90. The monoisotopic (exact) mass is 452 g/mol. The summed E-state index contributed by atoms with van der Waals surface area (Å²) in [7, 11) is 1.47. The van der Waals surface area contributed by atoms with E-state index in [1.54, 1.807) is 12.1 Å². The van der Waals surface area contributed by atoms with Crippen LogP contribution in [0.2, 0.25) is 5.02 Å². The fourth-order valence-electron chi connectivity index (χ4n) is 3.73. The zero-order valence-corrected chi connectivity index (χ0v) is 17.1. The van der Waals surface area contributed by atoms with Gasteiger partial charge in [0.2, 0.25) is 0 Å². The van der Waals surface area contributed by atoms with E-state index in [1.807, 2.05) is 24.3 Å². The lowest BCUT2D eigenvalue weighted by Crippen LogP contribution is -2.49. The van der Waals surface area contributed by atoms with Gasteiger partial charge in [-0.1, -0.05) is 35.9 Å². The maximum Gasteiger partial charge on any atom is 0.257 e. The predicted molar refractivity (Wildman–Crippen MR) is 110 cm³/mol. The van der Waals surface area contributed by atoms with Crippen LogP contribution in [0.25, 0.3) is 10.8 Å². The number of fused-ring (bicyclic) bond motifs is 1. The van der Waals surface area contributed by atoms with Gasteiger partial charge in [0.1, 0.15) is 16.5 Å².